The standard InChI is InChI=1S/2H4N2.2HNO2.Pt/c2*1-2;2*2-1-3;/h2*1-2H2;2*(H,2,3);/q;;;;+2/p-2. The number of nitrogens with two attached hydrogens (primary N) is 4. The minimum atomic E-state index is 0. The monoisotopic (exact) mass is 351 g/mol. The molecule has 0 atom stereocenters. The molecule has 0 saturated carbocycles. The smallest absolute Gasteiger partial charge is 0.444 e. The van der Waals surface area contributed by atoms with Gasteiger partial charge < -0.3 is 20.2 Å². The molecule has 0 fully saturated rings. The van der Waals surface area contributed by atoms with Crippen molar-refractivity contribution in [2.45, 2.75) is 0 Å². The largest absolute Gasteiger partial charge is 2.00 e. The topological polar surface area (TPSA) is 209 Å². The number of hydrazine groups is 2. The molecule has 0 aliphatic rings. The van der Waals surface area contributed by atoms with Crippen molar-refractivity contribution in [2.24, 2.45) is 34.1 Å². The Morgan fingerprint density at radius 2 is 0.818 bits per heavy atom. The van der Waals surface area contributed by atoms with E-state index in [9.17, 15) is 0 Å². The van der Waals surface area contributed by atoms with E-state index in [4.69, 9.17) is 20.2 Å². The second kappa shape index (κ2) is 367. The van der Waals surface area contributed by atoms with Gasteiger partial charge in [0.2, 0.25) is 0 Å². The first-order valence-corrected chi connectivity index (χ1v) is 1.40. The van der Waals surface area contributed by atoms with Crippen LogP contribution in [0.4, 0.5) is 0 Å². The molecule has 0 heterocycles. The van der Waals surface area contributed by atoms with E-state index in [0.29, 0.717) is 0 Å². The van der Waals surface area contributed by atoms with E-state index in [1.807, 2.05) is 0 Å². The Bertz CT molecular complexity index is 35.6. The van der Waals surface area contributed by atoms with Crippen LogP contribution < -0.4 is 23.4 Å². The molecule has 8 N–H and O–H groups in total. The Kier molecular flexibility index (Phi) is 1060. The maximum Gasteiger partial charge on any atom is 2.00 e. The molecule has 0 aromatic carbocycles. The van der Waals surface area contributed by atoms with Crippen LogP contribution in [0.5, 0.6) is 0 Å². The second-order valence-corrected chi connectivity index (χ2v) is 0.149. The van der Waals surface area contributed by atoms with Crippen LogP contribution in [0.15, 0.2) is 10.7 Å². The molecule has 11 heavy (non-hydrogen) atoms. The fourth-order valence-electron chi connectivity index (χ4n) is 0. The third-order valence-electron chi connectivity index (χ3n) is 0. The SMILES string of the molecule is NN.NN.O=N[O-].O=N[O-].[Pt+2]. The second-order valence-electron chi connectivity index (χ2n) is 0.149. The summed E-state index contributed by atoms with van der Waals surface area (Å²) in [6, 6.07) is 0. The fourth-order valence-corrected chi connectivity index (χ4v) is 0. The van der Waals surface area contributed by atoms with Gasteiger partial charge in [0, 0.05) is 0 Å². The van der Waals surface area contributed by atoms with Gasteiger partial charge in [0.15, 0.2) is 0 Å². The van der Waals surface area contributed by atoms with Crippen molar-refractivity contribution in [3.8, 4) is 0 Å². The van der Waals surface area contributed by atoms with Gasteiger partial charge in [-0.2, -0.15) is 0 Å². The van der Waals surface area contributed by atoms with Crippen LogP contribution in [0, 0.1) is 20.2 Å². The Balaban J connectivity index is -0.0000000144. The van der Waals surface area contributed by atoms with E-state index in [2.05, 4.69) is 23.4 Å². The average molecular weight is 351 g/mol. The van der Waals surface area contributed by atoms with Crippen LogP contribution in [-0.2, 0) is 21.1 Å². The Morgan fingerprint density at radius 1 is 0.818 bits per heavy atom. The van der Waals surface area contributed by atoms with Gasteiger partial charge in [-0.1, -0.05) is 0 Å². The van der Waals surface area contributed by atoms with Crippen LogP contribution >= 0.6 is 0 Å². The zero-order valence-corrected chi connectivity index (χ0v) is 7.43. The quantitative estimate of drug-likeness (QED) is 0.220. The summed E-state index contributed by atoms with van der Waals surface area (Å²) >= 11 is 0. The van der Waals surface area contributed by atoms with Gasteiger partial charge in [0.1, 0.15) is 0 Å². The normalized spacial score (nSPS) is 3.27. The number of rotatable bonds is 0. The molecular formula is H8N6O4Pt. The molecule has 0 saturated heterocycles. The van der Waals surface area contributed by atoms with Crippen molar-refractivity contribution in [2.75, 3.05) is 0 Å². The molecule has 0 spiro atoms. The minimum Gasteiger partial charge on any atom is -0.444 e. The molecule has 0 radical (unpaired) electrons. The molecule has 0 amide bonds. The van der Waals surface area contributed by atoms with Gasteiger partial charge in [0.25, 0.3) is 0 Å². The van der Waals surface area contributed by atoms with Gasteiger partial charge in [0.05, 0.1) is 0 Å². The predicted molar refractivity (Wildman–Crippen MR) is 35.1 cm³/mol. The Morgan fingerprint density at radius 3 is 0.818 bits per heavy atom. The first-order chi connectivity index (χ1) is 4.83. The molecule has 0 rings (SSSR count). The maximum atomic E-state index is 8.00. The van der Waals surface area contributed by atoms with Crippen LogP contribution in [0.1, 0.15) is 0 Å². The summed E-state index contributed by atoms with van der Waals surface area (Å²) in [4.78, 5) is 16.0. The first-order valence-electron chi connectivity index (χ1n) is 1.40. The van der Waals surface area contributed by atoms with E-state index in [0.717, 1.165) is 10.7 Å². The summed E-state index contributed by atoms with van der Waals surface area (Å²) in [6.07, 6.45) is 0. The van der Waals surface area contributed by atoms with Gasteiger partial charge in [-0.3, -0.25) is 23.4 Å². The van der Waals surface area contributed by atoms with E-state index in [-0.39, 0.29) is 21.1 Å². The van der Waals surface area contributed by atoms with Crippen molar-refractivity contribution < 1.29 is 21.1 Å². The van der Waals surface area contributed by atoms with Crippen LogP contribution in [0.2, 0.25) is 0 Å². The van der Waals surface area contributed by atoms with Crippen molar-refractivity contribution in [3.63, 3.8) is 0 Å². The first kappa shape index (κ1) is 31.7. The van der Waals surface area contributed by atoms with Crippen LogP contribution in [-0.4, -0.2) is 0 Å². The van der Waals surface area contributed by atoms with Crippen LogP contribution in [0.25, 0.3) is 0 Å². The predicted octanol–water partition coefficient (Wildman–Crippen LogP) is -1.86. The summed E-state index contributed by atoms with van der Waals surface area (Å²) in [6.45, 7) is 0. The van der Waals surface area contributed by atoms with Gasteiger partial charge >= 0.3 is 21.1 Å². The van der Waals surface area contributed by atoms with Crippen molar-refractivity contribution in [1.82, 2.24) is 0 Å². The van der Waals surface area contributed by atoms with E-state index < -0.39 is 0 Å². The third-order valence-corrected chi connectivity index (χ3v) is 0. The third kappa shape index (κ3) is 1110. The van der Waals surface area contributed by atoms with Crippen molar-refractivity contribution in [1.29, 1.82) is 0 Å². The molecule has 0 aliphatic carbocycles. The molecule has 0 unspecified atom stereocenters. The number of hydrogen-bond donors (Lipinski definition) is 4. The molecule has 72 valence electrons. The van der Waals surface area contributed by atoms with Gasteiger partial charge in [-0.15, -0.1) is 10.7 Å². The van der Waals surface area contributed by atoms with E-state index >= 15 is 0 Å². The summed E-state index contributed by atoms with van der Waals surface area (Å²) in [5, 5.41) is 18.0. The summed E-state index contributed by atoms with van der Waals surface area (Å²) < 4.78 is 0. The molecular weight excluding hydrogens is 343 g/mol. The molecule has 0 aromatic rings. The van der Waals surface area contributed by atoms with Gasteiger partial charge in [-0.25, -0.2) is 0 Å². The van der Waals surface area contributed by atoms with E-state index in [1.54, 1.807) is 0 Å². The molecule has 0 aliphatic heterocycles. The molecule has 10 nitrogen and oxygen atoms in total. The molecule has 0 bridgehead atoms. The Hall–Kier alpha value is -0.672. The summed E-state index contributed by atoms with van der Waals surface area (Å²) in [7, 11) is 0. The fraction of sp³-hybridized carbons (Fsp3) is 0. The number of nitrogens with zero attached hydrogens (tertiary/aromatic N) is 2. The summed E-state index contributed by atoms with van der Waals surface area (Å²) in [5.74, 6) is 16.0. The van der Waals surface area contributed by atoms with E-state index in [1.165, 1.54) is 0 Å². The maximum absolute atomic E-state index is 8.00. The van der Waals surface area contributed by atoms with Crippen LogP contribution in [0.3, 0.4) is 0 Å². The zero-order chi connectivity index (χ0) is 9.41. The van der Waals surface area contributed by atoms with Gasteiger partial charge in [-0.05, 0) is 0 Å². The van der Waals surface area contributed by atoms with Crippen molar-refractivity contribution in [3.05, 3.63) is 20.2 Å². The zero-order valence-electron chi connectivity index (χ0n) is 5.15. The molecule has 11 heteroatoms. The summed E-state index contributed by atoms with van der Waals surface area (Å²) in [5.41, 5.74) is 0. The minimum absolute atomic E-state index is 0. The Labute approximate surface area is 76.0 Å². The average Bonchev–Trinajstić information content (AvgIpc) is 1.99. The van der Waals surface area contributed by atoms with Crippen molar-refractivity contribution >= 4 is 0 Å². The number of hydrogen-bond acceptors (Lipinski definition) is 10. The molecule has 0 aromatic heterocycles.